The maximum Gasteiger partial charge on any atom is 0.0730 e. The quantitative estimate of drug-likeness (QED) is 0.174. The Hall–Kier alpha value is -7.49. The highest BCUT2D eigenvalue weighted by Crippen LogP contribution is 2.50. The average molecular weight is 770 g/mol. The number of hydrogen-bond donors (Lipinski definition) is 0. The van der Waals surface area contributed by atoms with Gasteiger partial charge in [0.15, 0.2) is 0 Å². The molecular formula is C57H43N3. The monoisotopic (exact) mass is 769 g/mol. The van der Waals surface area contributed by atoms with Crippen molar-refractivity contribution in [1.29, 1.82) is 0 Å². The molecule has 1 aliphatic heterocycles. The molecule has 0 fully saturated rings. The van der Waals surface area contributed by atoms with Crippen LogP contribution in [-0.2, 0) is 5.41 Å². The molecule has 7 aromatic carbocycles. The van der Waals surface area contributed by atoms with E-state index in [4.69, 9.17) is 4.98 Å². The fraction of sp³-hybridized carbons (Fsp3) is 0.0702. The molecule has 2 aliphatic rings. The number of rotatable bonds is 5. The van der Waals surface area contributed by atoms with Crippen LogP contribution in [0.4, 0.5) is 11.4 Å². The zero-order valence-electron chi connectivity index (χ0n) is 33.8. The van der Waals surface area contributed by atoms with E-state index in [1.807, 2.05) is 0 Å². The van der Waals surface area contributed by atoms with Crippen LogP contribution in [0.1, 0.15) is 30.5 Å². The normalized spacial score (nSPS) is 15.2. The molecule has 0 saturated carbocycles. The van der Waals surface area contributed by atoms with Crippen molar-refractivity contribution in [2.75, 3.05) is 11.4 Å². The van der Waals surface area contributed by atoms with Crippen molar-refractivity contribution >= 4 is 38.8 Å². The predicted octanol–water partition coefficient (Wildman–Crippen LogP) is 14.8. The van der Waals surface area contributed by atoms with Gasteiger partial charge in [0, 0.05) is 50.8 Å². The van der Waals surface area contributed by atoms with Crippen molar-refractivity contribution in [3.63, 3.8) is 0 Å². The Labute approximate surface area is 351 Å². The molecule has 0 bridgehead atoms. The van der Waals surface area contributed by atoms with Crippen LogP contribution in [0.2, 0.25) is 0 Å². The number of para-hydroxylation sites is 1. The van der Waals surface area contributed by atoms with Gasteiger partial charge in [0.2, 0.25) is 0 Å². The van der Waals surface area contributed by atoms with E-state index < -0.39 is 0 Å². The second-order valence-electron chi connectivity index (χ2n) is 16.5. The van der Waals surface area contributed by atoms with E-state index in [9.17, 15) is 0 Å². The molecule has 286 valence electrons. The second-order valence-corrected chi connectivity index (χ2v) is 16.5. The summed E-state index contributed by atoms with van der Waals surface area (Å²) in [6, 6.07) is 63.8. The molecule has 9 aromatic rings. The third-order valence-corrected chi connectivity index (χ3v) is 12.6. The van der Waals surface area contributed by atoms with Crippen LogP contribution in [0.5, 0.6) is 0 Å². The van der Waals surface area contributed by atoms with Crippen LogP contribution < -0.4 is 4.90 Å². The van der Waals surface area contributed by atoms with Gasteiger partial charge in [0.1, 0.15) is 0 Å². The average Bonchev–Trinajstić information content (AvgIpc) is 3.77. The number of hydrogen-bond acceptors (Lipinski definition) is 2. The van der Waals surface area contributed by atoms with Crippen LogP contribution in [-0.4, -0.2) is 16.1 Å². The summed E-state index contributed by atoms with van der Waals surface area (Å²) in [6.07, 6.45) is 8.60. The molecule has 0 saturated heterocycles. The molecule has 0 atom stereocenters. The number of nitrogens with zero attached hydrogens (tertiary/aromatic N) is 3. The van der Waals surface area contributed by atoms with E-state index >= 15 is 0 Å². The highest BCUT2D eigenvalue weighted by atomic mass is 15.1. The van der Waals surface area contributed by atoms with Crippen molar-refractivity contribution in [3.05, 3.63) is 223 Å². The van der Waals surface area contributed by atoms with Crippen LogP contribution in [0.3, 0.4) is 0 Å². The molecule has 1 aliphatic carbocycles. The van der Waals surface area contributed by atoms with Gasteiger partial charge in [-0.25, -0.2) is 4.98 Å². The molecule has 0 radical (unpaired) electrons. The number of allylic oxidation sites excluding steroid dienone is 4. The van der Waals surface area contributed by atoms with Crippen molar-refractivity contribution in [1.82, 2.24) is 9.55 Å². The molecule has 0 N–H and O–H groups in total. The molecule has 11 rings (SSSR count). The largest absolute Gasteiger partial charge is 0.337 e. The summed E-state index contributed by atoms with van der Waals surface area (Å²) >= 11 is 0. The van der Waals surface area contributed by atoms with Crippen LogP contribution in [0.25, 0.3) is 77.8 Å². The van der Waals surface area contributed by atoms with Gasteiger partial charge in [-0.1, -0.05) is 166 Å². The Bertz CT molecular complexity index is 3160. The van der Waals surface area contributed by atoms with E-state index in [-0.39, 0.29) is 5.41 Å². The summed E-state index contributed by atoms with van der Waals surface area (Å²) in [5.41, 5.74) is 19.6. The van der Waals surface area contributed by atoms with Gasteiger partial charge < -0.3 is 9.47 Å². The van der Waals surface area contributed by atoms with E-state index in [1.165, 1.54) is 38.7 Å². The Morgan fingerprint density at radius 1 is 0.500 bits per heavy atom. The summed E-state index contributed by atoms with van der Waals surface area (Å²) in [5, 5.41) is 2.42. The van der Waals surface area contributed by atoms with Gasteiger partial charge >= 0.3 is 0 Å². The first kappa shape index (κ1) is 35.7. The van der Waals surface area contributed by atoms with Gasteiger partial charge in [0.25, 0.3) is 0 Å². The fourth-order valence-corrected chi connectivity index (χ4v) is 9.52. The van der Waals surface area contributed by atoms with Crippen molar-refractivity contribution in [3.8, 4) is 50.5 Å². The third-order valence-electron chi connectivity index (χ3n) is 12.6. The Morgan fingerprint density at radius 3 is 1.93 bits per heavy atom. The van der Waals surface area contributed by atoms with Crippen molar-refractivity contribution < 1.29 is 0 Å². The fourth-order valence-electron chi connectivity index (χ4n) is 9.52. The number of aromatic nitrogens is 2. The minimum absolute atomic E-state index is 0.0367. The van der Waals surface area contributed by atoms with E-state index in [2.05, 4.69) is 230 Å². The minimum atomic E-state index is -0.0367. The van der Waals surface area contributed by atoms with Gasteiger partial charge in [-0.2, -0.15) is 0 Å². The molecular weight excluding hydrogens is 727 g/mol. The number of benzene rings is 7. The highest BCUT2D eigenvalue weighted by molar-refractivity contribution is 6.10. The summed E-state index contributed by atoms with van der Waals surface area (Å²) in [5.74, 6) is 0. The number of pyridine rings is 1. The van der Waals surface area contributed by atoms with E-state index in [1.54, 1.807) is 0 Å². The maximum atomic E-state index is 5.18. The third kappa shape index (κ3) is 5.85. The van der Waals surface area contributed by atoms with E-state index in [0.29, 0.717) is 0 Å². The van der Waals surface area contributed by atoms with Crippen molar-refractivity contribution in [2.24, 2.45) is 0 Å². The SMILES string of the molecule is C=C1/C=C\C=C/CN(c2ccc3c(c2)-c2ccccc2C3(C)C)c2ccc(-c3ccc4c(c3)c3ccccc3n4-c3cc(-c4ccccc4)nc(-c4ccccc4)c3)cc21. The molecule has 0 amide bonds. The highest BCUT2D eigenvalue weighted by Gasteiger charge is 2.35. The first-order valence-electron chi connectivity index (χ1n) is 20.8. The smallest absolute Gasteiger partial charge is 0.0730 e. The Morgan fingerprint density at radius 2 is 1.15 bits per heavy atom. The molecule has 3 nitrogen and oxygen atoms in total. The van der Waals surface area contributed by atoms with Crippen molar-refractivity contribution in [2.45, 2.75) is 19.3 Å². The molecule has 2 aromatic heterocycles. The van der Waals surface area contributed by atoms with Crippen LogP contribution in [0.15, 0.2) is 207 Å². The Balaban J connectivity index is 1.04. The zero-order valence-corrected chi connectivity index (χ0v) is 33.8. The maximum absolute atomic E-state index is 5.18. The summed E-state index contributed by atoms with van der Waals surface area (Å²) in [7, 11) is 0. The summed E-state index contributed by atoms with van der Waals surface area (Å²) < 4.78 is 2.40. The molecule has 0 spiro atoms. The van der Waals surface area contributed by atoms with E-state index in [0.717, 1.165) is 73.7 Å². The van der Waals surface area contributed by atoms with Gasteiger partial charge in [0.05, 0.1) is 28.1 Å². The lowest BCUT2D eigenvalue weighted by Gasteiger charge is -2.28. The zero-order chi connectivity index (χ0) is 40.4. The van der Waals surface area contributed by atoms with Crippen LogP contribution in [0, 0.1) is 0 Å². The molecule has 0 unspecified atom stereocenters. The Kier molecular flexibility index (Phi) is 8.38. The molecule has 3 heterocycles. The second kappa shape index (κ2) is 14.1. The van der Waals surface area contributed by atoms with Gasteiger partial charge in [-0.05, 0) is 93.6 Å². The summed E-state index contributed by atoms with van der Waals surface area (Å²) in [4.78, 5) is 7.61. The first-order valence-corrected chi connectivity index (χ1v) is 20.8. The lowest BCUT2D eigenvalue weighted by molar-refractivity contribution is 0.660. The topological polar surface area (TPSA) is 21.1 Å². The molecule has 3 heteroatoms. The number of anilines is 2. The summed E-state index contributed by atoms with van der Waals surface area (Å²) in [6.45, 7) is 10.0. The lowest BCUT2D eigenvalue weighted by Crippen LogP contribution is -2.19. The minimum Gasteiger partial charge on any atom is -0.337 e. The first-order chi connectivity index (χ1) is 29.4. The van der Waals surface area contributed by atoms with Gasteiger partial charge in [-0.3, -0.25) is 0 Å². The van der Waals surface area contributed by atoms with Crippen LogP contribution >= 0.6 is 0 Å². The molecule has 60 heavy (non-hydrogen) atoms. The van der Waals surface area contributed by atoms with Gasteiger partial charge in [-0.15, -0.1) is 0 Å². The number of fused-ring (bicyclic) bond motifs is 7. The lowest BCUT2D eigenvalue weighted by atomic mass is 9.82. The predicted molar refractivity (Wildman–Crippen MR) is 253 cm³/mol. The standard InChI is InChI=1S/C57H43N3/c1-38-17-7-6-16-32-59(43-28-29-51-48(35-43)45-22-12-14-24-50(45)57(51,2)3)54-30-26-41(33-47(38)54)42-27-31-56-49(34-42)46-23-13-15-25-55(46)60(56)44-36-52(39-18-8-4-9-19-39)58-53(37-44)40-20-10-5-11-21-40/h4-31,33-37H,1,32H2,2-3H3/b16-6-,17-7-.